The molecule has 0 amide bonds. The number of esters is 2. The Kier molecular flexibility index (Phi) is 20.9. The number of nitrogens with two attached hydrogens (primary N) is 1. The van der Waals surface area contributed by atoms with Gasteiger partial charge in [0.1, 0.15) is 6.61 Å². The third-order valence-electron chi connectivity index (χ3n) is 4.98. The molecule has 0 aliphatic rings. The Bertz CT molecular complexity index is 547. The lowest BCUT2D eigenvalue weighted by molar-refractivity contribution is -0.228. The lowest BCUT2D eigenvalue weighted by Crippen LogP contribution is -2.30. The molecule has 0 radical (unpaired) electrons. The molecule has 10 heteroatoms. The van der Waals surface area contributed by atoms with Crippen LogP contribution in [0.15, 0.2) is 0 Å². The molecule has 1 unspecified atom stereocenters. The first kappa shape index (κ1) is 32.0. The minimum atomic E-state index is -4.58. The van der Waals surface area contributed by atoms with Crippen LogP contribution in [0.25, 0.3) is 0 Å². The monoisotopic (exact) mass is 494 g/mol. The van der Waals surface area contributed by atoms with Crippen LogP contribution in [0, 0.1) is 0 Å². The van der Waals surface area contributed by atoms with E-state index in [2.05, 4.69) is 18.4 Å². The maximum Gasteiger partial charge on any atom is 0.306 e. The van der Waals surface area contributed by atoms with E-state index in [1.54, 1.807) is 0 Å². The van der Waals surface area contributed by atoms with Crippen molar-refractivity contribution in [2.45, 2.75) is 110 Å². The zero-order valence-electron chi connectivity index (χ0n) is 20.6. The fraction of sp³-hybridized carbons (Fsp3) is 0.913. The maximum atomic E-state index is 12.2. The van der Waals surface area contributed by atoms with Crippen LogP contribution in [0.5, 0.6) is 0 Å². The minimum Gasteiger partial charge on any atom is -0.756 e. The van der Waals surface area contributed by atoms with E-state index in [1.807, 2.05) is 0 Å². The number of carbonyl (C=O) groups excluding carboxylic acids is 2. The number of unbranched alkanes of at least 4 members (excludes halogenated alkanes) is 10. The van der Waals surface area contributed by atoms with Crippen molar-refractivity contribution in [3.63, 3.8) is 0 Å². The third kappa shape index (κ3) is 21.3. The second-order valence-corrected chi connectivity index (χ2v) is 9.61. The fourth-order valence-corrected chi connectivity index (χ4v) is 3.85. The van der Waals surface area contributed by atoms with E-state index >= 15 is 0 Å². The minimum absolute atomic E-state index is 0.0162. The van der Waals surface area contributed by atoms with E-state index in [-0.39, 0.29) is 32.6 Å². The smallest absolute Gasteiger partial charge is 0.306 e. The second kappa shape index (κ2) is 21.5. The number of hydrogen-bond acceptors (Lipinski definition) is 9. The summed E-state index contributed by atoms with van der Waals surface area (Å²) >= 11 is 0. The molecule has 0 spiro atoms. The van der Waals surface area contributed by atoms with Gasteiger partial charge >= 0.3 is 11.9 Å². The van der Waals surface area contributed by atoms with Crippen LogP contribution in [0.1, 0.15) is 104 Å². The van der Waals surface area contributed by atoms with Crippen LogP contribution in [-0.2, 0) is 32.7 Å². The molecule has 0 aromatic carbocycles. The molecule has 196 valence electrons. The summed E-state index contributed by atoms with van der Waals surface area (Å²) in [5, 5.41) is 0. The van der Waals surface area contributed by atoms with Crippen molar-refractivity contribution in [1.82, 2.24) is 0 Å². The predicted octanol–water partition coefficient (Wildman–Crippen LogP) is 4.40. The van der Waals surface area contributed by atoms with Crippen molar-refractivity contribution in [3.8, 4) is 0 Å². The Morgan fingerprint density at radius 3 is 1.85 bits per heavy atom. The van der Waals surface area contributed by atoms with Crippen LogP contribution in [0.4, 0.5) is 0 Å². The summed E-state index contributed by atoms with van der Waals surface area (Å²) in [5.41, 5.74) is 5.23. The van der Waals surface area contributed by atoms with Crippen molar-refractivity contribution in [3.05, 3.63) is 0 Å². The highest BCUT2D eigenvalue weighted by atomic mass is 31.2. The molecule has 9 nitrogen and oxygen atoms in total. The molecule has 0 saturated heterocycles. The molecular formula is C23H45NO8P-. The van der Waals surface area contributed by atoms with Gasteiger partial charge in [-0.15, -0.1) is 0 Å². The number of phosphoric ester groups is 1. The van der Waals surface area contributed by atoms with E-state index in [4.69, 9.17) is 19.7 Å². The third-order valence-corrected chi connectivity index (χ3v) is 5.95. The van der Waals surface area contributed by atoms with Gasteiger partial charge < -0.3 is 29.1 Å². The van der Waals surface area contributed by atoms with Crippen LogP contribution in [-0.4, -0.2) is 44.4 Å². The van der Waals surface area contributed by atoms with Gasteiger partial charge in [-0.1, -0.05) is 78.1 Å². The summed E-state index contributed by atoms with van der Waals surface area (Å²) in [5.74, 6) is -0.887. The summed E-state index contributed by atoms with van der Waals surface area (Å²) in [4.78, 5) is 35.9. The van der Waals surface area contributed by atoms with E-state index in [9.17, 15) is 19.0 Å². The first-order valence-electron chi connectivity index (χ1n) is 12.5. The van der Waals surface area contributed by atoms with Gasteiger partial charge in [0.2, 0.25) is 0 Å². The normalized spacial score (nSPS) is 13.9. The SMILES string of the molecule is CCCCCCCCC(=O)OC[C@H](COP(=O)([O-])OCCN)OC(=O)CCCCCCCC. The highest BCUT2D eigenvalue weighted by molar-refractivity contribution is 7.45. The number of phosphoric acid groups is 1. The Hall–Kier alpha value is -0.990. The number of rotatable bonds is 23. The standard InChI is InChI=1S/C23H46NO8P/c1-3-5-7-9-11-13-15-22(25)29-19-21(20-31-33(27,28)30-18-17-24)32-23(26)16-14-12-10-8-6-4-2/h21H,3-20,24H2,1-2H3,(H,27,28)/p-1/t21-/m1/s1. The lowest BCUT2D eigenvalue weighted by Gasteiger charge is -2.25. The Labute approximate surface area is 199 Å². The molecule has 0 bridgehead atoms. The molecule has 0 aromatic heterocycles. The van der Waals surface area contributed by atoms with Crippen LogP contribution in [0.3, 0.4) is 0 Å². The summed E-state index contributed by atoms with van der Waals surface area (Å²) in [6.45, 7) is 3.33. The van der Waals surface area contributed by atoms with Gasteiger partial charge in [-0.25, -0.2) is 0 Å². The summed E-state index contributed by atoms with van der Waals surface area (Å²) < 4.78 is 31.6. The average Bonchev–Trinajstić information content (AvgIpc) is 2.79. The quantitative estimate of drug-likeness (QED) is 0.124. The lowest BCUT2D eigenvalue weighted by atomic mass is 10.1. The zero-order chi connectivity index (χ0) is 24.8. The first-order chi connectivity index (χ1) is 15.8. The van der Waals surface area contributed by atoms with Gasteiger partial charge in [-0.2, -0.15) is 0 Å². The maximum absolute atomic E-state index is 12.2. The van der Waals surface area contributed by atoms with Crippen molar-refractivity contribution in [2.24, 2.45) is 5.73 Å². The zero-order valence-corrected chi connectivity index (χ0v) is 21.5. The number of hydrogen-bond donors (Lipinski definition) is 1. The average molecular weight is 495 g/mol. The molecule has 0 saturated carbocycles. The topological polar surface area (TPSA) is 137 Å². The fourth-order valence-electron chi connectivity index (χ4n) is 3.09. The van der Waals surface area contributed by atoms with E-state index < -0.39 is 32.5 Å². The Morgan fingerprint density at radius 2 is 1.30 bits per heavy atom. The molecule has 33 heavy (non-hydrogen) atoms. The summed E-state index contributed by atoms with van der Waals surface area (Å²) in [6.07, 6.45) is 11.8. The number of ether oxygens (including phenoxy) is 2. The van der Waals surface area contributed by atoms with E-state index in [0.29, 0.717) is 6.42 Å². The molecular weight excluding hydrogens is 449 g/mol. The molecule has 0 aromatic rings. The summed E-state index contributed by atoms with van der Waals surface area (Å²) in [7, 11) is -4.58. The van der Waals surface area contributed by atoms with E-state index in [1.165, 1.54) is 12.8 Å². The Balaban J connectivity index is 4.45. The second-order valence-electron chi connectivity index (χ2n) is 8.20. The molecule has 0 aliphatic heterocycles. The van der Waals surface area contributed by atoms with E-state index in [0.717, 1.165) is 57.8 Å². The molecule has 0 heterocycles. The predicted molar refractivity (Wildman–Crippen MR) is 125 cm³/mol. The van der Waals surface area contributed by atoms with Crippen molar-refractivity contribution >= 4 is 19.8 Å². The molecule has 0 rings (SSSR count). The highest BCUT2D eigenvalue weighted by Gasteiger charge is 2.20. The molecule has 2 N–H and O–H groups in total. The van der Waals surface area contributed by atoms with Crippen molar-refractivity contribution < 1.29 is 37.6 Å². The summed E-state index contributed by atoms with van der Waals surface area (Å²) in [6, 6.07) is 0. The molecule has 0 aliphatic carbocycles. The van der Waals surface area contributed by atoms with Gasteiger partial charge in [0.05, 0.1) is 13.2 Å². The van der Waals surface area contributed by atoms with Gasteiger partial charge in [-0.05, 0) is 12.8 Å². The van der Waals surface area contributed by atoms with Crippen molar-refractivity contribution in [1.29, 1.82) is 0 Å². The van der Waals surface area contributed by atoms with Gasteiger partial charge in [0.15, 0.2) is 6.10 Å². The van der Waals surface area contributed by atoms with Crippen LogP contribution >= 0.6 is 7.82 Å². The number of carbonyl (C=O) groups is 2. The van der Waals surface area contributed by atoms with Crippen LogP contribution < -0.4 is 10.6 Å². The first-order valence-corrected chi connectivity index (χ1v) is 14.0. The molecule has 0 fully saturated rings. The van der Waals surface area contributed by atoms with Crippen LogP contribution in [0.2, 0.25) is 0 Å². The van der Waals surface area contributed by atoms with Gasteiger partial charge in [-0.3, -0.25) is 14.2 Å². The molecule has 2 atom stereocenters. The Morgan fingerprint density at radius 1 is 0.788 bits per heavy atom. The largest absolute Gasteiger partial charge is 0.756 e. The van der Waals surface area contributed by atoms with Gasteiger partial charge in [0, 0.05) is 19.4 Å². The van der Waals surface area contributed by atoms with Gasteiger partial charge in [0.25, 0.3) is 7.82 Å². The highest BCUT2D eigenvalue weighted by Crippen LogP contribution is 2.38. The van der Waals surface area contributed by atoms with Crippen molar-refractivity contribution in [2.75, 3.05) is 26.4 Å².